The summed E-state index contributed by atoms with van der Waals surface area (Å²) in [5.41, 5.74) is 0. The summed E-state index contributed by atoms with van der Waals surface area (Å²) in [6, 6.07) is 0. The maximum atomic E-state index is 10.1. The summed E-state index contributed by atoms with van der Waals surface area (Å²) < 4.78 is 4.64. The Morgan fingerprint density at radius 2 is 2.11 bits per heavy atom. The van der Waals surface area contributed by atoms with Gasteiger partial charge in [-0.15, -0.1) is 0 Å². The first kappa shape index (κ1) is 11.9. The van der Waals surface area contributed by atoms with Crippen LogP contribution in [0.1, 0.15) is 26.7 Å². The molecule has 1 radical (unpaired) electrons. The van der Waals surface area contributed by atoms with Gasteiger partial charge in [0.2, 0.25) is 0 Å². The Kier molecular flexibility index (Phi) is 10.9. The average Bonchev–Trinajstić information content (AvgIpc) is 1.66. The molecule has 0 saturated heterocycles. The van der Waals surface area contributed by atoms with Gasteiger partial charge in [-0.1, -0.05) is 13.3 Å². The van der Waals surface area contributed by atoms with Crippen LogP contribution in [0.5, 0.6) is 0 Å². The van der Waals surface area contributed by atoms with Crippen LogP contribution in [0.15, 0.2) is 0 Å². The molecule has 0 aromatic carbocycles. The third kappa shape index (κ3) is 11.7. The number of hydrogen-bond acceptors (Lipinski definition) is 2. The van der Waals surface area contributed by atoms with Crippen molar-refractivity contribution in [2.45, 2.75) is 26.7 Å². The molecule has 2 nitrogen and oxygen atoms in total. The molecule has 0 spiro atoms. The van der Waals surface area contributed by atoms with Gasteiger partial charge < -0.3 is 4.74 Å². The molecular formula is C6H12AgO2. The van der Waals surface area contributed by atoms with E-state index in [1.807, 2.05) is 0 Å². The molecule has 9 heavy (non-hydrogen) atoms. The minimum Gasteiger partial charge on any atom is -0.466 e. The predicted molar refractivity (Wildman–Crippen MR) is 31.5 cm³/mol. The van der Waals surface area contributed by atoms with Gasteiger partial charge in [-0.05, 0) is 6.42 Å². The van der Waals surface area contributed by atoms with Gasteiger partial charge in [0, 0.05) is 29.3 Å². The fourth-order valence-electron chi connectivity index (χ4n) is 0.360. The van der Waals surface area contributed by atoms with Crippen LogP contribution in [-0.2, 0) is 31.9 Å². The van der Waals surface area contributed by atoms with Crippen molar-refractivity contribution in [2.24, 2.45) is 0 Å². The van der Waals surface area contributed by atoms with Crippen LogP contribution >= 0.6 is 0 Å². The molecule has 0 rings (SSSR count). The molecule has 0 aliphatic rings. The molecule has 0 aliphatic carbocycles. The monoisotopic (exact) mass is 223 g/mol. The van der Waals surface area contributed by atoms with Crippen LogP contribution in [0, 0.1) is 0 Å². The summed E-state index contributed by atoms with van der Waals surface area (Å²) in [5.74, 6) is -0.182. The first-order valence-electron chi connectivity index (χ1n) is 2.90. The van der Waals surface area contributed by atoms with Gasteiger partial charge in [-0.3, -0.25) is 4.79 Å². The fourth-order valence-corrected chi connectivity index (χ4v) is 0.360. The summed E-state index contributed by atoms with van der Waals surface area (Å²) in [7, 11) is 0. The Morgan fingerprint density at radius 1 is 1.56 bits per heavy atom. The van der Waals surface area contributed by atoms with Crippen molar-refractivity contribution in [1.29, 1.82) is 0 Å². The van der Waals surface area contributed by atoms with E-state index in [0.717, 1.165) is 12.8 Å². The Bertz CT molecular complexity index is 73.5. The zero-order chi connectivity index (χ0) is 6.41. The molecule has 3 heteroatoms. The predicted octanol–water partition coefficient (Wildman–Crippen LogP) is 1.35. The molecule has 0 aromatic rings. The molecule has 0 amide bonds. The Balaban J connectivity index is 0. The smallest absolute Gasteiger partial charge is 0.302 e. The molecule has 0 unspecified atom stereocenters. The van der Waals surface area contributed by atoms with E-state index in [9.17, 15) is 4.79 Å². The van der Waals surface area contributed by atoms with Crippen molar-refractivity contribution in [3.05, 3.63) is 0 Å². The van der Waals surface area contributed by atoms with Gasteiger partial charge in [0.1, 0.15) is 0 Å². The molecule has 0 fully saturated rings. The van der Waals surface area contributed by atoms with Crippen molar-refractivity contribution in [3.8, 4) is 0 Å². The number of hydrogen-bond donors (Lipinski definition) is 0. The summed E-state index contributed by atoms with van der Waals surface area (Å²) in [6.45, 7) is 4.06. The number of carbonyl (C=O) groups excluding carboxylic acids is 1. The minimum absolute atomic E-state index is 0. The normalized spacial score (nSPS) is 7.78. The van der Waals surface area contributed by atoms with Crippen LogP contribution < -0.4 is 0 Å². The Labute approximate surface area is 71.5 Å². The molecule has 0 saturated carbocycles. The number of rotatable bonds is 3. The first-order valence-corrected chi connectivity index (χ1v) is 2.90. The van der Waals surface area contributed by atoms with Gasteiger partial charge in [0.25, 0.3) is 0 Å². The van der Waals surface area contributed by atoms with Crippen molar-refractivity contribution in [3.63, 3.8) is 0 Å². The van der Waals surface area contributed by atoms with Gasteiger partial charge in [0.05, 0.1) is 6.61 Å². The van der Waals surface area contributed by atoms with E-state index in [1.165, 1.54) is 6.92 Å². The molecule has 0 bridgehead atoms. The zero-order valence-corrected chi connectivity index (χ0v) is 7.22. The topological polar surface area (TPSA) is 26.3 Å². The van der Waals surface area contributed by atoms with E-state index in [-0.39, 0.29) is 28.3 Å². The van der Waals surface area contributed by atoms with Crippen molar-refractivity contribution >= 4 is 5.97 Å². The standard InChI is InChI=1S/C6H12O2.Ag/c1-3-4-5-8-6(2)7;/h3-5H2,1-2H3;. The second kappa shape index (κ2) is 8.21. The second-order valence-electron chi connectivity index (χ2n) is 1.69. The Hall–Kier alpha value is 0.210. The maximum absolute atomic E-state index is 10.1. The summed E-state index contributed by atoms with van der Waals surface area (Å²) in [5, 5.41) is 0. The van der Waals surface area contributed by atoms with Gasteiger partial charge >= 0.3 is 5.97 Å². The quantitative estimate of drug-likeness (QED) is 0.411. The number of unbranched alkanes of at least 4 members (excludes halogenated alkanes) is 1. The van der Waals surface area contributed by atoms with Crippen LogP contribution in [0.25, 0.3) is 0 Å². The second-order valence-corrected chi connectivity index (χ2v) is 1.69. The molecule has 0 aliphatic heterocycles. The van der Waals surface area contributed by atoms with E-state index < -0.39 is 0 Å². The fraction of sp³-hybridized carbons (Fsp3) is 0.833. The van der Waals surface area contributed by atoms with E-state index in [4.69, 9.17) is 0 Å². The van der Waals surface area contributed by atoms with Crippen molar-refractivity contribution < 1.29 is 31.9 Å². The van der Waals surface area contributed by atoms with E-state index in [0.29, 0.717) is 6.61 Å². The first-order chi connectivity index (χ1) is 3.77. The number of ether oxygens (including phenoxy) is 1. The largest absolute Gasteiger partial charge is 0.466 e. The SMILES string of the molecule is CCCCOC(C)=O.[Ag]. The minimum atomic E-state index is -0.182. The van der Waals surface area contributed by atoms with Gasteiger partial charge in [0.15, 0.2) is 0 Å². The molecule has 0 N–H and O–H groups in total. The van der Waals surface area contributed by atoms with Crippen LogP contribution in [0.3, 0.4) is 0 Å². The van der Waals surface area contributed by atoms with Gasteiger partial charge in [-0.2, -0.15) is 0 Å². The number of carbonyl (C=O) groups is 1. The molecule has 0 heterocycles. The molecule has 0 aromatic heterocycles. The van der Waals surface area contributed by atoms with Crippen LogP contribution in [-0.4, -0.2) is 12.6 Å². The number of esters is 1. The van der Waals surface area contributed by atoms with E-state index in [1.54, 1.807) is 0 Å². The summed E-state index contributed by atoms with van der Waals surface area (Å²) >= 11 is 0. The zero-order valence-electron chi connectivity index (χ0n) is 5.74. The third-order valence-corrected chi connectivity index (χ3v) is 0.803. The Morgan fingerprint density at radius 3 is 2.44 bits per heavy atom. The van der Waals surface area contributed by atoms with Gasteiger partial charge in [-0.25, -0.2) is 0 Å². The average molecular weight is 224 g/mol. The van der Waals surface area contributed by atoms with Crippen molar-refractivity contribution in [1.82, 2.24) is 0 Å². The van der Waals surface area contributed by atoms with E-state index in [2.05, 4.69) is 11.7 Å². The van der Waals surface area contributed by atoms with E-state index >= 15 is 0 Å². The molecular weight excluding hydrogens is 212 g/mol. The third-order valence-electron chi connectivity index (χ3n) is 0.803. The maximum Gasteiger partial charge on any atom is 0.302 e. The van der Waals surface area contributed by atoms with Crippen LogP contribution in [0.4, 0.5) is 0 Å². The summed E-state index contributed by atoms with van der Waals surface area (Å²) in [6.07, 6.45) is 2.05. The van der Waals surface area contributed by atoms with Crippen molar-refractivity contribution in [2.75, 3.05) is 6.61 Å². The molecule has 59 valence electrons. The van der Waals surface area contributed by atoms with Crippen LogP contribution in [0.2, 0.25) is 0 Å². The molecule has 0 atom stereocenters. The summed E-state index contributed by atoms with van der Waals surface area (Å²) in [4.78, 5) is 10.1.